The van der Waals surface area contributed by atoms with Gasteiger partial charge in [0, 0.05) is 19.6 Å². The van der Waals surface area contributed by atoms with Gasteiger partial charge in [-0.3, -0.25) is 0 Å². The number of halogens is 1. The Morgan fingerprint density at radius 3 is 2.74 bits per heavy atom. The zero-order valence-electron chi connectivity index (χ0n) is 15.7. The van der Waals surface area contributed by atoms with Gasteiger partial charge in [0.05, 0.1) is 17.0 Å². The van der Waals surface area contributed by atoms with Gasteiger partial charge in [-0.2, -0.15) is 0 Å². The molecule has 8 heteroatoms. The van der Waals surface area contributed by atoms with Crippen LogP contribution in [0.2, 0.25) is 0 Å². The molecule has 1 aliphatic heterocycles. The van der Waals surface area contributed by atoms with E-state index in [9.17, 15) is 17.9 Å². The third kappa shape index (κ3) is 4.20. The molecular weight excluding hydrogens is 369 g/mol. The third-order valence-corrected chi connectivity index (χ3v) is 8.17. The summed E-state index contributed by atoms with van der Waals surface area (Å²) in [6.07, 6.45) is 4.43. The number of sulfone groups is 1. The Kier molecular flexibility index (Phi) is 5.93. The highest BCUT2D eigenvalue weighted by atomic mass is 32.2. The summed E-state index contributed by atoms with van der Waals surface area (Å²) in [7, 11) is -3.11. The largest absolute Gasteiger partial charge is 0.505 e. The summed E-state index contributed by atoms with van der Waals surface area (Å²) in [4.78, 5) is 6.63. The van der Waals surface area contributed by atoms with Crippen molar-refractivity contribution in [2.24, 2.45) is 4.99 Å². The van der Waals surface area contributed by atoms with E-state index >= 15 is 0 Å². The van der Waals surface area contributed by atoms with Crippen LogP contribution in [0, 0.1) is 5.82 Å². The monoisotopic (exact) mass is 397 g/mol. The van der Waals surface area contributed by atoms with Crippen molar-refractivity contribution >= 4 is 15.8 Å². The molecule has 1 heterocycles. The van der Waals surface area contributed by atoms with Gasteiger partial charge in [-0.25, -0.2) is 17.8 Å². The van der Waals surface area contributed by atoms with Crippen LogP contribution in [-0.4, -0.2) is 54.5 Å². The van der Waals surface area contributed by atoms with E-state index in [1.165, 1.54) is 12.1 Å². The minimum atomic E-state index is -3.11. The summed E-state index contributed by atoms with van der Waals surface area (Å²) < 4.78 is 38.4. The van der Waals surface area contributed by atoms with Gasteiger partial charge in [0.2, 0.25) is 0 Å². The molecule has 27 heavy (non-hydrogen) atoms. The number of phenolic OH excluding ortho intramolecular Hbond substituents is 1. The SMILES string of the molecule is CCNC(=NCc1ccc(O)c(F)c1)N1CCS(=O)(=O)C2(CCCCC2)C1. The molecule has 6 nitrogen and oxygen atoms in total. The average Bonchev–Trinajstić information content (AvgIpc) is 2.65. The van der Waals surface area contributed by atoms with Gasteiger partial charge >= 0.3 is 0 Å². The fourth-order valence-corrected chi connectivity index (χ4v) is 6.22. The van der Waals surface area contributed by atoms with Crippen LogP contribution in [0.1, 0.15) is 44.6 Å². The van der Waals surface area contributed by atoms with Crippen molar-refractivity contribution in [2.75, 3.05) is 25.4 Å². The molecule has 0 bridgehead atoms. The fourth-order valence-electron chi connectivity index (χ4n) is 4.06. The van der Waals surface area contributed by atoms with E-state index in [0.29, 0.717) is 44.0 Å². The molecule has 150 valence electrons. The first-order valence-electron chi connectivity index (χ1n) is 9.60. The Hall–Kier alpha value is -1.83. The number of hydrogen-bond donors (Lipinski definition) is 2. The molecule has 1 aromatic rings. The Morgan fingerprint density at radius 2 is 2.07 bits per heavy atom. The second-order valence-electron chi connectivity index (χ2n) is 7.44. The molecule has 1 spiro atoms. The molecule has 2 aliphatic rings. The highest BCUT2D eigenvalue weighted by Crippen LogP contribution is 2.38. The van der Waals surface area contributed by atoms with E-state index in [1.54, 1.807) is 6.07 Å². The van der Waals surface area contributed by atoms with Crippen LogP contribution in [0.15, 0.2) is 23.2 Å². The molecule has 1 aromatic carbocycles. The lowest BCUT2D eigenvalue weighted by Crippen LogP contribution is -2.60. The molecule has 0 atom stereocenters. The minimum Gasteiger partial charge on any atom is -0.505 e. The molecule has 2 N–H and O–H groups in total. The second-order valence-corrected chi connectivity index (χ2v) is 9.94. The zero-order valence-corrected chi connectivity index (χ0v) is 16.6. The number of rotatable bonds is 3. The smallest absolute Gasteiger partial charge is 0.194 e. The number of aliphatic imine (C=N–C) groups is 1. The lowest BCUT2D eigenvalue weighted by molar-refractivity contribution is 0.274. The first kappa shape index (κ1) is 19.9. The molecule has 0 aromatic heterocycles. The van der Waals surface area contributed by atoms with Gasteiger partial charge in [-0.05, 0) is 37.5 Å². The standard InChI is InChI=1S/C19H28FN3O3S/c1-2-21-18(22-13-15-6-7-17(24)16(20)12-15)23-10-11-27(25,26)19(14-23)8-4-3-5-9-19/h6-7,12,24H,2-5,8-11,13-14H2,1H3,(H,21,22). The van der Waals surface area contributed by atoms with Crippen LogP contribution in [0.3, 0.4) is 0 Å². The lowest BCUT2D eigenvalue weighted by Gasteiger charge is -2.45. The number of nitrogens with zero attached hydrogens (tertiary/aromatic N) is 2. The Bertz CT molecular complexity index is 804. The molecule has 0 radical (unpaired) electrons. The van der Waals surface area contributed by atoms with Gasteiger partial charge in [0.15, 0.2) is 27.4 Å². The van der Waals surface area contributed by atoms with E-state index < -0.39 is 20.4 Å². The van der Waals surface area contributed by atoms with Crippen molar-refractivity contribution in [1.82, 2.24) is 10.2 Å². The van der Waals surface area contributed by atoms with Crippen LogP contribution in [0.4, 0.5) is 4.39 Å². The van der Waals surface area contributed by atoms with E-state index in [-0.39, 0.29) is 18.0 Å². The van der Waals surface area contributed by atoms with Crippen molar-refractivity contribution in [2.45, 2.75) is 50.3 Å². The van der Waals surface area contributed by atoms with Crippen molar-refractivity contribution in [3.63, 3.8) is 0 Å². The van der Waals surface area contributed by atoms with Crippen LogP contribution < -0.4 is 5.32 Å². The fraction of sp³-hybridized carbons (Fsp3) is 0.632. The number of hydrogen-bond acceptors (Lipinski definition) is 4. The van der Waals surface area contributed by atoms with Crippen molar-refractivity contribution < 1.29 is 17.9 Å². The lowest BCUT2D eigenvalue weighted by atomic mass is 9.87. The van der Waals surface area contributed by atoms with Gasteiger partial charge in [-0.15, -0.1) is 0 Å². The molecule has 3 rings (SSSR count). The summed E-state index contributed by atoms with van der Waals surface area (Å²) in [6, 6.07) is 4.22. The molecule has 1 aliphatic carbocycles. The normalized spacial score (nSPS) is 22.0. The highest BCUT2D eigenvalue weighted by Gasteiger charge is 2.48. The number of aromatic hydroxyl groups is 1. The Labute approximate surface area is 160 Å². The van der Waals surface area contributed by atoms with Crippen LogP contribution >= 0.6 is 0 Å². The molecule has 1 saturated carbocycles. The van der Waals surface area contributed by atoms with E-state index in [2.05, 4.69) is 10.3 Å². The molecule has 0 amide bonds. The average molecular weight is 398 g/mol. The molecule has 1 saturated heterocycles. The predicted molar refractivity (Wildman–Crippen MR) is 104 cm³/mol. The molecular formula is C19H28FN3O3S. The first-order chi connectivity index (χ1) is 12.9. The number of nitrogens with one attached hydrogen (secondary N) is 1. The number of phenols is 1. The van der Waals surface area contributed by atoms with E-state index in [1.807, 2.05) is 11.8 Å². The van der Waals surface area contributed by atoms with Crippen molar-refractivity contribution in [3.05, 3.63) is 29.6 Å². The first-order valence-corrected chi connectivity index (χ1v) is 11.2. The van der Waals surface area contributed by atoms with Gasteiger partial charge in [-0.1, -0.05) is 25.3 Å². The Morgan fingerprint density at radius 1 is 1.33 bits per heavy atom. The van der Waals surface area contributed by atoms with Gasteiger partial charge in [0.25, 0.3) is 0 Å². The Balaban J connectivity index is 1.80. The molecule has 0 unspecified atom stereocenters. The highest BCUT2D eigenvalue weighted by molar-refractivity contribution is 7.92. The second kappa shape index (κ2) is 8.04. The molecule has 2 fully saturated rings. The summed E-state index contributed by atoms with van der Waals surface area (Å²) in [6.45, 7) is 3.77. The van der Waals surface area contributed by atoms with Crippen LogP contribution in [-0.2, 0) is 16.4 Å². The third-order valence-electron chi connectivity index (χ3n) is 5.59. The summed E-state index contributed by atoms with van der Waals surface area (Å²) in [5.41, 5.74) is 0.651. The maximum absolute atomic E-state index is 13.5. The topological polar surface area (TPSA) is 82.0 Å². The summed E-state index contributed by atoms with van der Waals surface area (Å²) >= 11 is 0. The van der Waals surface area contributed by atoms with Crippen molar-refractivity contribution in [3.8, 4) is 5.75 Å². The maximum Gasteiger partial charge on any atom is 0.194 e. The summed E-state index contributed by atoms with van der Waals surface area (Å²) in [5, 5.41) is 12.5. The number of benzene rings is 1. The van der Waals surface area contributed by atoms with Crippen LogP contribution in [0.25, 0.3) is 0 Å². The quantitative estimate of drug-likeness (QED) is 0.605. The predicted octanol–water partition coefficient (Wildman–Crippen LogP) is 2.43. The van der Waals surface area contributed by atoms with Crippen LogP contribution in [0.5, 0.6) is 5.75 Å². The van der Waals surface area contributed by atoms with E-state index in [0.717, 1.165) is 19.3 Å². The minimum absolute atomic E-state index is 0.144. The van der Waals surface area contributed by atoms with E-state index in [4.69, 9.17) is 0 Å². The van der Waals surface area contributed by atoms with Crippen molar-refractivity contribution in [1.29, 1.82) is 0 Å². The van der Waals surface area contributed by atoms with Gasteiger partial charge in [0.1, 0.15) is 0 Å². The summed E-state index contributed by atoms with van der Waals surface area (Å²) in [5.74, 6) is -0.246. The number of guanidine groups is 1. The zero-order chi connectivity index (χ0) is 19.5. The maximum atomic E-state index is 13.5. The van der Waals surface area contributed by atoms with Gasteiger partial charge < -0.3 is 15.3 Å².